The monoisotopic (exact) mass is 290 g/mol. The molecule has 1 saturated heterocycles. The maximum absolute atomic E-state index is 5.42. The highest BCUT2D eigenvalue weighted by Crippen LogP contribution is 2.37. The molecular weight excluding hydrogens is 264 g/mol. The van der Waals surface area contributed by atoms with Crippen LogP contribution in [0.5, 0.6) is 11.5 Å². The van der Waals surface area contributed by atoms with Crippen LogP contribution in [0.3, 0.4) is 0 Å². The number of rotatable bonds is 5. The first-order chi connectivity index (χ1) is 10.2. The van der Waals surface area contributed by atoms with Gasteiger partial charge in [0, 0.05) is 31.7 Å². The quantitative estimate of drug-likeness (QED) is 0.902. The summed E-state index contributed by atoms with van der Waals surface area (Å²) in [4.78, 5) is 2.64. The molecule has 0 amide bonds. The molecule has 0 spiro atoms. The second-order valence-corrected chi connectivity index (χ2v) is 6.33. The highest BCUT2D eigenvalue weighted by molar-refractivity contribution is 5.42. The molecule has 21 heavy (non-hydrogen) atoms. The van der Waals surface area contributed by atoms with Gasteiger partial charge in [-0.2, -0.15) is 0 Å². The van der Waals surface area contributed by atoms with Crippen LogP contribution in [0.25, 0.3) is 0 Å². The summed E-state index contributed by atoms with van der Waals surface area (Å²) >= 11 is 0. The Kier molecular flexibility index (Phi) is 4.36. The molecule has 1 N–H and O–H groups in total. The fourth-order valence-corrected chi connectivity index (χ4v) is 3.34. The van der Waals surface area contributed by atoms with Crippen LogP contribution in [0.2, 0.25) is 0 Å². The first-order valence-electron chi connectivity index (χ1n) is 7.89. The number of piperazine rings is 1. The van der Waals surface area contributed by atoms with E-state index in [-0.39, 0.29) is 0 Å². The number of ether oxygens (including phenoxy) is 2. The molecule has 1 aromatic carbocycles. The van der Waals surface area contributed by atoms with Crippen molar-refractivity contribution in [2.45, 2.75) is 38.4 Å². The standard InChI is InChI=1S/C17H26N2O2/c1-12-10-19(15(9-18-12)14-5-6-14)11-13-4-7-16(20-2)17(8-13)21-3/h4,7-8,12,14-15,18H,5-6,9-11H2,1-3H3. The molecule has 1 saturated carbocycles. The van der Waals surface area contributed by atoms with Gasteiger partial charge in [-0.15, -0.1) is 0 Å². The molecule has 116 valence electrons. The van der Waals surface area contributed by atoms with Crippen molar-refractivity contribution in [1.82, 2.24) is 10.2 Å². The lowest BCUT2D eigenvalue weighted by molar-refractivity contribution is 0.112. The van der Waals surface area contributed by atoms with Gasteiger partial charge in [-0.05, 0) is 43.4 Å². The third kappa shape index (κ3) is 3.33. The Hall–Kier alpha value is -1.26. The molecule has 4 nitrogen and oxygen atoms in total. The van der Waals surface area contributed by atoms with Crippen LogP contribution in [-0.2, 0) is 6.54 Å². The molecule has 0 bridgehead atoms. The molecule has 2 atom stereocenters. The zero-order chi connectivity index (χ0) is 14.8. The Bertz CT molecular complexity index is 488. The third-order valence-electron chi connectivity index (χ3n) is 4.65. The number of benzene rings is 1. The second kappa shape index (κ2) is 6.24. The van der Waals surface area contributed by atoms with Crippen LogP contribution in [-0.4, -0.2) is 44.3 Å². The predicted molar refractivity (Wildman–Crippen MR) is 83.9 cm³/mol. The van der Waals surface area contributed by atoms with Crippen molar-refractivity contribution in [2.75, 3.05) is 27.3 Å². The second-order valence-electron chi connectivity index (χ2n) is 6.33. The summed E-state index contributed by atoms with van der Waals surface area (Å²) in [5.41, 5.74) is 1.30. The van der Waals surface area contributed by atoms with Gasteiger partial charge in [0.05, 0.1) is 14.2 Å². The molecule has 1 heterocycles. The van der Waals surface area contributed by atoms with Crippen molar-refractivity contribution in [3.05, 3.63) is 23.8 Å². The average Bonchev–Trinajstić information content (AvgIpc) is 3.32. The van der Waals surface area contributed by atoms with E-state index < -0.39 is 0 Å². The summed E-state index contributed by atoms with van der Waals surface area (Å²) in [5, 5.41) is 3.62. The maximum Gasteiger partial charge on any atom is 0.161 e. The first kappa shape index (κ1) is 14.7. The lowest BCUT2D eigenvalue weighted by Gasteiger charge is -2.39. The number of nitrogens with one attached hydrogen (secondary N) is 1. The predicted octanol–water partition coefficient (Wildman–Crippen LogP) is 2.28. The van der Waals surface area contributed by atoms with E-state index in [1.807, 2.05) is 6.07 Å². The van der Waals surface area contributed by atoms with Crippen molar-refractivity contribution in [3.63, 3.8) is 0 Å². The molecular formula is C17H26N2O2. The number of methoxy groups -OCH3 is 2. The fraction of sp³-hybridized carbons (Fsp3) is 0.647. The smallest absolute Gasteiger partial charge is 0.161 e. The van der Waals surface area contributed by atoms with Crippen molar-refractivity contribution < 1.29 is 9.47 Å². The first-order valence-corrected chi connectivity index (χ1v) is 7.89. The highest BCUT2D eigenvalue weighted by atomic mass is 16.5. The van der Waals surface area contributed by atoms with E-state index in [2.05, 4.69) is 29.3 Å². The summed E-state index contributed by atoms with van der Waals surface area (Å²) < 4.78 is 10.7. The Morgan fingerprint density at radius 2 is 1.95 bits per heavy atom. The SMILES string of the molecule is COc1ccc(CN2CC(C)NCC2C2CC2)cc1OC. The Morgan fingerprint density at radius 1 is 1.19 bits per heavy atom. The van der Waals surface area contributed by atoms with Gasteiger partial charge in [0.15, 0.2) is 11.5 Å². The van der Waals surface area contributed by atoms with Crippen LogP contribution in [0.4, 0.5) is 0 Å². The summed E-state index contributed by atoms with van der Waals surface area (Å²) in [5.74, 6) is 2.51. The average molecular weight is 290 g/mol. The lowest BCUT2D eigenvalue weighted by Crippen LogP contribution is -2.55. The largest absolute Gasteiger partial charge is 0.493 e. The van der Waals surface area contributed by atoms with Crippen LogP contribution in [0.15, 0.2) is 18.2 Å². The van der Waals surface area contributed by atoms with Crippen molar-refractivity contribution in [2.24, 2.45) is 5.92 Å². The molecule has 1 aromatic rings. The van der Waals surface area contributed by atoms with Gasteiger partial charge >= 0.3 is 0 Å². The fourth-order valence-electron chi connectivity index (χ4n) is 3.34. The van der Waals surface area contributed by atoms with Gasteiger partial charge < -0.3 is 14.8 Å². The van der Waals surface area contributed by atoms with Crippen LogP contribution in [0, 0.1) is 5.92 Å². The summed E-state index contributed by atoms with van der Waals surface area (Å²) in [6, 6.07) is 7.52. The van der Waals surface area contributed by atoms with E-state index in [4.69, 9.17) is 9.47 Å². The molecule has 4 heteroatoms. The maximum atomic E-state index is 5.42. The van der Waals surface area contributed by atoms with E-state index in [1.54, 1.807) is 14.2 Å². The molecule has 0 aromatic heterocycles. The van der Waals surface area contributed by atoms with Crippen LogP contribution < -0.4 is 14.8 Å². The highest BCUT2D eigenvalue weighted by Gasteiger charge is 2.37. The molecule has 1 aliphatic carbocycles. The van der Waals surface area contributed by atoms with E-state index in [1.165, 1.54) is 18.4 Å². The Morgan fingerprint density at radius 3 is 2.62 bits per heavy atom. The number of nitrogens with zero attached hydrogens (tertiary/aromatic N) is 1. The van der Waals surface area contributed by atoms with Crippen LogP contribution in [0.1, 0.15) is 25.3 Å². The van der Waals surface area contributed by atoms with Gasteiger partial charge in [0.25, 0.3) is 0 Å². The Balaban J connectivity index is 1.74. The normalized spacial score (nSPS) is 26.6. The molecule has 2 aliphatic rings. The minimum atomic E-state index is 0.570. The number of hydrogen-bond donors (Lipinski definition) is 1. The Labute approximate surface area is 127 Å². The molecule has 3 rings (SSSR count). The van der Waals surface area contributed by atoms with Crippen molar-refractivity contribution >= 4 is 0 Å². The topological polar surface area (TPSA) is 33.7 Å². The minimum absolute atomic E-state index is 0.570. The summed E-state index contributed by atoms with van der Waals surface area (Å²) in [7, 11) is 3.38. The van der Waals surface area contributed by atoms with E-state index in [0.717, 1.165) is 37.1 Å². The third-order valence-corrected chi connectivity index (χ3v) is 4.65. The van der Waals surface area contributed by atoms with Crippen LogP contribution >= 0.6 is 0 Å². The minimum Gasteiger partial charge on any atom is -0.493 e. The zero-order valence-electron chi connectivity index (χ0n) is 13.3. The summed E-state index contributed by atoms with van der Waals surface area (Å²) in [6.45, 7) is 5.51. The molecule has 2 fully saturated rings. The van der Waals surface area contributed by atoms with Gasteiger partial charge in [0.1, 0.15) is 0 Å². The van der Waals surface area contributed by atoms with Gasteiger partial charge in [-0.3, -0.25) is 4.90 Å². The zero-order valence-corrected chi connectivity index (χ0v) is 13.3. The molecule has 2 unspecified atom stereocenters. The van der Waals surface area contributed by atoms with E-state index in [0.29, 0.717) is 12.1 Å². The molecule has 1 aliphatic heterocycles. The number of hydrogen-bond acceptors (Lipinski definition) is 4. The molecule has 0 radical (unpaired) electrons. The van der Waals surface area contributed by atoms with Gasteiger partial charge in [-0.25, -0.2) is 0 Å². The summed E-state index contributed by atoms with van der Waals surface area (Å²) in [6.07, 6.45) is 2.78. The van der Waals surface area contributed by atoms with E-state index >= 15 is 0 Å². The van der Waals surface area contributed by atoms with Gasteiger partial charge in [-0.1, -0.05) is 6.07 Å². The van der Waals surface area contributed by atoms with Gasteiger partial charge in [0.2, 0.25) is 0 Å². The van der Waals surface area contributed by atoms with Crippen molar-refractivity contribution in [1.29, 1.82) is 0 Å². The lowest BCUT2D eigenvalue weighted by atomic mass is 10.0. The van der Waals surface area contributed by atoms with E-state index in [9.17, 15) is 0 Å². The van der Waals surface area contributed by atoms with Crippen molar-refractivity contribution in [3.8, 4) is 11.5 Å².